The third-order valence-electron chi connectivity index (χ3n) is 4.10. The number of nitrogens with one attached hydrogen (secondary N) is 3. The van der Waals surface area contributed by atoms with E-state index in [4.69, 9.17) is 5.41 Å². The van der Waals surface area contributed by atoms with E-state index in [-0.39, 0.29) is 6.03 Å². The van der Waals surface area contributed by atoms with Gasteiger partial charge in [-0.2, -0.15) is 0 Å². The summed E-state index contributed by atoms with van der Waals surface area (Å²) in [6.07, 6.45) is 3.20. The topological polar surface area (TPSA) is 65.0 Å². The molecule has 3 unspecified atom stereocenters. The average Bonchev–Trinajstić information content (AvgIpc) is 2.41. The zero-order chi connectivity index (χ0) is 11.9. The van der Waals surface area contributed by atoms with E-state index in [0.717, 1.165) is 12.8 Å². The average molecular weight is 223 g/mol. The van der Waals surface area contributed by atoms with E-state index in [1.165, 1.54) is 6.42 Å². The quantitative estimate of drug-likeness (QED) is 0.626. The van der Waals surface area contributed by atoms with Gasteiger partial charge >= 0.3 is 6.03 Å². The summed E-state index contributed by atoms with van der Waals surface area (Å²) in [5.74, 6) is 1.83. The Bertz CT molecular complexity index is 326. The molecule has 1 aliphatic heterocycles. The van der Waals surface area contributed by atoms with Crippen LogP contribution in [0.4, 0.5) is 4.79 Å². The summed E-state index contributed by atoms with van der Waals surface area (Å²) in [5, 5.41) is 13.7. The minimum Gasteiger partial charge on any atom is -0.325 e. The van der Waals surface area contributed by atoms with Gasteiger partial charge in [0.1, 0.15) is 11.4 Å². The summed E-state index contributed by atoms with van der Waals surface area (Å²) >= 11 is 0. The molecule has 2 amide bonds. The van der Waals surface area contributed by atoms with Gasteiger partial charge in [-0.15, -0.1) is 0 Å². The molecule has 0 aromatic rings. The molecule has 0 aromatic carbocycles. The minimum absolute atomic E-state index is 0.204. The zero-order valence-corrected chi connectivity index (χ0v) is 10.3. The third kappa shape index (κ3) is 1.60. The van der Waals surface area contributed by atoms with Crippen molar-refractivity contribution in [1.29, 1.82) is 5.41 Å². The molecule has 1 saturated carbocycles. The molecule has 90 valence electrons. The smallest absolute Gasteiger partial charge is 0.321 e. The van der Waals surface area contributed by atoms with Crippen molar-refractivity contribution in [2.45, 2.75) is 45.6 Å². The normalized spacial score (nSPS) is 39.0. The molecule has 1 spiro atoms. The lowest BCUT2D eigenvalue weighted by Crippen LogP contribution is -2.57. The molecule has 3 atom stereocenters. The molecule has 2 aliphatic rings. The molecule has 16 heavy (non-hydrogen) atoms. The van der Waals surface area contributed by atoms with E-state index in [1.807, 2.05) is 0 Å². The van der Waals surface area contributed by atoms with Gasteiger partial charge in [-0.3, -0.25) is 10.7 Å². The summed E-state index contributed by atoms with van der Waals surface area (Å²) in [6.45, 7) is 6.57. The third-order valence-corrected chi connectivity index (χ3v) is 4.10. The first-order valence-corrected chi connectivity index (χ1v) is 6.14. The number of amides is 2. The van der Waals surface area contributed by atoms with Crippen molar-refractivity contribution in [3.63, 3.8) is 0 Å². The number of hydrogen-bond acceptors (Lipinski definition) is 2. The number of hydrogen-bond donors (Lipinski definition) is 3. The van der Waals surface area contributed by atoms with E-state index < -0.39 is 5.54 Å². The van der Waals surface area contributed by atoms with Gasteiger partial charge in [0.2, 0.25) is 0 Å². The second-order valence-electron chi connectivity index (χ2n) is 5.66. The minimum atomic E-state index is -0.414. The van der Waals surface area contributed by atoms with Crippen LogP contribution < -0.4 is 10.6 Å². The molecule has 0 radical (unpaired) electrons. The zero-order valence-electron chi connectivity index (χ0n) is 10.3. The van der Waals surface area contributed by atoms with Gasteiger partial charge in [0.15, 0.2) is 0 Å². The van der Waals surface area contributed by atoms with Crippen LogP contribution >= 0.6 is 0 Å². The van der Waals surface area contributed by atoms with Crippen molar-refractivity contribution in [2.75, 3.05) is 0 Å². The molecule has 3 N–H and O–H groups in total. The predicted molar refractivity (Wildman–Crippen MR) is 63.5 cm³/mol. The van der Waals surface area contributed by atoms with Crippen molar-refractivity contribution in [1.82, 2.24) is 10.6 Å². The van der Waals surface area contributed by atoms with E-state index >= 15 is 0 Å². The van der Waals surface area contributed by atoms with Crippen molar-refractivity contribution >= 4 is 11.9 Å². The second kappa shape index (κ2) is 3.75. The molecule has 4 heteroatoms. The summed E-state index contributed by atoms with van der Waals surface area (Å²) in [6, 6.07) is -0.204. The molecular weight excluding hydrogens is 202 g/mol. The molecule has 1 aliphatic carbocycles. The summed E-state index contributed by atoms with van der Waals surface area (Å²) in [4.78, 5) is 11.4. The first kappa shape index (κ1) is 11.4. The van der Waals surface area contributed by atoms with E-state index in [9.17, 15) is 4.79 Å². The SMILES string of the molecule is CC1CCC(C(C)C)C2(C1)NC(=O)NC2=N. The van der Waals surface area contributed by atoms with Crippen LogP contribution in [0.15, 0.2) is 0 Å². The maximum absolute atomic E-state index is 11.4. The highest BCUT2D eigenvalue weighted by atomic mass is 16.2. The predicted octanol–water partition coefficient (Wildman–Crippen LogP) is 2.11. The van der Waals surface area contributed by atoms with Crippen LogP contribution in [-0.2, 0) is 0 Å². The fourth-order valence-corrected chi connectivity index (χ4v) is 3.37. The van der Waals surface area contributed by atoms with Crippen LogP contribution in [0.1, 0.15) is 40.0 Å². The van der Waals surface area contributed by atoms with Crippen LogP contribution in [0.25, 0.3) is 0 Å². The Labute approximate surface area is 96.7 Å². The first-order valence-electron chi connectivity index (χ1n) is 6.14. The number of amidine groups is 1. The van der Waals surface area contributed by atoms with Crippen LogP contribution in [0.2, 0.25) is 0 Å². The first-order chi connectivity index (χ1) is 7.45. The number of rotatable bonds is 1. The Hall–Kier alpha value is -1.06. The van der Waals surface area contributed by atoms with E-state index in [0.29, 0.717) is 23.6 Å². The monoisotopic (exact) mass is 223 g/mol. The Kier molecular flexibility index (Phi) is 2.68. The van der Waals surface area contributed by atoms with E-state index in [2.05, 4.69) is 31.4 Å². The van der Waals surface area contributed by atoms with Gasteiger partial charge in [0.05, 0.1) is 0 Å². The van der Waals surface area contributed by atoms with Crippen LogP contribution in [0.5, 0.6) is 0 Å². The van der Waals surface area contributed by atoms with Gasteiger partial charge in [-0.05, 0) is 30.6 Å². The lowest BCUT2D eigenvalue weighted by molar-refractivity contribution is 0.141. The van der Waals surface area contributed by atoms with Crippen molar-refractivity contribution in [2.24, 2.45) is 17.8 Å². The number of urea groups is 1. The largest absolute Gasteiger partial charge is 0.325 e. The Morgan fingerprint density at radius 3 is 2.62 bits per heavy atom. The standard InChI is InChI=1S/C12H21N3O/c1-7(2)9-5-4-8(3)6-12(9)10(13)14-11(16)15-12/h7-9H,4-6H2,1-3H3,(H3,13,14,15,16). The van der Waals surface area contributed by atoms with Gasteiger partial charge in [-0.1, -0.05) is 27.2 Å². The van der Waals surface area contributed by atoms with Gasteiger partial charge in [-0.25, -0.2) is 4.79 Å². The molecule has 1 saturated heterocycles. The Balaban J connectivity index is 2.32. The van der Waals surface area contributed by atoms with Crippen molar-refractivity contribution in [3.8, 4) is 0 Å². The fourth-order valence-electron chi connectivity index (χ4n) is 3.37. The van der Waals surface area contributed by atoms with E-state index in [1.54, 1.807) is 0 Å². The lowest BCUT2D eigenvalue weighted by atomic mass is 9.65. The maximum atomic E-state index is 11.4. The highest BCUT2D eigenvalue weighted by Gasteiger charge is 2.52. The van der Waals surface area contributed by atoms with Gasteiger partial charge in [0, 0.05) is 0 Å². The Morgan fingerprint density at radius 1 is 1.44 bits per heavy atom. The van der Waals surface area contributed by atoms with Gasteiger partial charge < -0.3 is 5.32 Å². The summed E-state index contributed by atoms with van der Waals surface area (Å²) in [5.41, 5.74) is -0.414. The fraction of sp³-hybridized carbons (Fsp3) is 0.833. The van der Waals surface area contributed by atoms with Crippen LogP contribution in [0.3, 0.4) is 0 Å². The second-order valence-corrected chi connectivity index (χ2v) is 5.66. The molecule has 4 nitrogen and oxygen atoms in total. The molecule has 1 heterocycles. The summed E-state index contributed by atoms with van der Waals surface area (Å²) < 4.78 is 0. The summed E-state index contributed by atoms with van der Waals surface area (Å²) in [7, 11) is 0. The highest BCUT2D eigenvalue weighted by Crippen LogP contribution is 2.42. The highest BCUT2D eigenvalue weighted by molar-refractivity contribution is 6.08. The number of carbonyl (C=O) groups is 1. The molecule has 2 rings (SSSR count). The molecule has 2 fully saturated rings. The maximum Gasteiger partial charge on any atom is 0.321 e. The number of carbonyl (C=O) groups excluding carboxylic acids is 1. The van der Waals surface area contributed by atoms with Crippen molar-refractivity contribution in [3.05, 3.63) is 0 Å². The molecule has 0 bridgehead atoms. The van der Waals surface area contributed by atoms with Crippen LogP contribution in [0, 0.1) is 23.2 Å². The molecular formula is C12H21N3O. The van der Waals surface area contributed by atoms with Crippen molar-refractivity contribution < 1.29 is 4.79 Å². The Morgan fingerprint density at radius 2 is 2.12 bits per heavy atom. The lowest BCUT2D eigenvalue weighted by Gasteiger charge is -2.44. The van der Waals surface area contributed by atoms with Gasteiger partial charge in [0.25, 0.3) is 0 Å². The molecule has 0 aromatic heterocycles. The van der Waals surface area contributed by atoms with Crippen LogP contribution in [-0.4, -0.2) is 17.4 Å².